The highest BCUT2D eigenvalue weighted by molar-refractivity contribution is 7.92. The van der Waals surface area contributed by atoms with Crippen LogP contribution in [0.1, 0.15) is 16.8 Å². The van der Waals surface area contributed by atoms with Gasteiger partial charge in [-0.2, -0.15) is 0 Å². The SMILES string of the molecule is C#CCCS(=O)(=O)Nc1cc(C(=O)C=CN(C)C)ccc1F. The van der Waals surface area contributed by atoms with Gasteiger partial charge in [-0.15, -0.1) is 12.3 Å². The highest BCUT2D eigenvalue weighted by Crippen LogP contribution is 2.18. The smallest absolute Gasteiger partial charge is 0.233 e. The van der Waals surface area contributed by atoms with Crippen LogP contribution in [0.15, 0.2) is 30.5 Å². The minimum atomic E-state index is -3.76. The standard InChI is InChI=1S/C15H17FN2O3S/c1-4-5-10-22(20,21)17-14-11-12(6-7-13(14)16)15(19)8-9-18(2)3/h1,6-9,11,17H,5,10H2,2-3H3. The maximum atomic E-state index is 13.7. The summed E-state index contributed by atoms with van der Waals surface area (Å²) in [5, 5.41) is 0. The van der Waals surface area contributed by atoms with Gasteiger partial charge in [0.1, 0.15) is 5.82 Å². The number of hydrogen-bond acceptors (Lipinski definition) is 4. The van der Waals surface area contributed by atoms with Gasteiger partial charge in [0.25, 0.3) is 0 Å². The Morgan fingerprint density at radius 1 is 1.45 bits per heavy atom. The van der Waals surface area contributed by atoms with Crippen molar-refractivity contribution >= 4 is 21.5 Å². The molecule has 1 aromatic rings. The number of terminal acetylenes is 1. The van der Waals surface area contributed by atoms with Crippen LogP contribution < -0.4 is 4.72 Å². The average Bonchev–Trinajstić information content (AvgIpc) is 2.44. The monoisotopic (exact) mass is 324 g/mol. The van der Waals surface area contributed by atoms with Gasteiger partial charge in [0.15, 0.2) is 5.78 Å². The molecular weight excluding hydrogens is 307 g/mol. The van der Waals surface area contributed by atoms with Gasteiger partial charge in [0.05, 0.1) is 11.4 Å². The van der Waals surface area contributed by atoms with Crippen molar-refractivity contribution in [2.45, 2.75) is 6.42 Å². The number of halogens is 1. The molecule has 7 heteroatoms. The highest BCUT2D eigenvalue weighted by atomic mass is 32.2. The number of nitrogens with zero attached hydrogens (tertiary/aromatic N) is 1. The Kier molecular flexibility index (Phi) is 6.13. The molecule has 1 rings (SSSR count). The molecule has 22 heavy (non-hydrogen) atoms. The van der Waals surface area contributed by atoms with Crippen LogP contribution in [0.25, 0.3) is 0 Å². The van der Waals surface area contributed by atoms with Crippen LogP contribution in [-0.2, 0) is 10.0 Å². The average molecular weight is 324 g/mol. The number of nitrogens with one attached hydrogen (secondary N) is 1. The van der Waals surface area contributed by atoms with E-state index >= 15 is 0 Å². The van der Waals surface area contributed by atoms with Crippen molar-refractivity contribution in [3.8, 4) is 12.3 Å². The van der Waals surface area contributed by atoms with Crippen LogP contribution >= 0.6 is 0 Å². The predicted molar refractivity (Wildman–Crippen MR) is 84.4 cm³/mol. The molecule has 118 valence electrons. The summed E-state index contributed by atoms with van der Waals surface area (Å²) in [6.07, 6.45) is 7.88. The first kappa shape index (κ1) is 17.7. The van der Waals surface area contributed by atoms with Gasteiger partial charge in [0, 0.05) is 38.4 Å². The maximum Gasteiger partial charge on any atom is 0.233 e. The fourth-order valence-corrected chi connectivity index (χ4v) is 2.46. The van der Waals surface area contributed by atoms with Crippen LogP contribution in [0.2, 0.25) is 0 Å². The molecule has 0 aromatic heterocycles. The lowest BCUT2D eigenvalue weighted by molar-refractivity contribution is 0.104. The molecule has 0 spiro atoms. The van der Waals surface area contributed by atoms with Gasteiger partial charge in [-0.1, -0.05) is 0 Å². The van der Waals surface area contributed by atoms with Crippen LogP contribution in [0.4, 0.5) is 10.1 Å². The molecule has 1 N–H and O–H groups in total. The van der Waals surface area contributed by atoms with Crippen molar-refractivity contribution in [1.82, 2.24) is 4.90 Å². The van der Waals surface area contributed by atoms with Crippen molar-refractivity contribution in [3.05, 3.63) is 41.9 Å². The number of hydrogen-bond donors (Lipinski definition) is 1. The van der Waals surface area contributed by atoms with Gasteiger partial charge in [-0.3, -0.25) is 9.52 Å². The topological polar surface area (TPSA) is 66.5 Å². The fourth-order valence-electron chi connectivity index (χ4n) is 1.48. The Balaban J connectivity index is 3.01. The van der Waals surface area contributed by atoms with Crippen LogP contribution in [0.5, 0.6) is 0 Å². The van der Waals surface area contributed by atoms with E-state index in [-0.39, 0.29) is 29.2 Å². The number of carbonyl (C=O) groups excluding carboxylic acids is 1. The first-order chi connectivity index (χ1) is 10.2. The zero-order valence-electron chi connectivity index (χ0n) is 12.3. The van der Waals surface area contributed by atoms with Crippen molar-refractivity contribution in [2.75, 3.05) is 24.6 Å². The quantitative estimate of drug-likeness (QED) is 0.472. The summed E-state index contributed by atoms with van der Waals surface area (Å²) in [7, 11) is -0.259. The summed E-state index contributed by atoms with van der Waals surface area (Å²) in [5.74, 6) is 0.753. The number of ketones is 1. The first-order valence-corrected chi connectivity index (χ1v) is 8.03. The number of carbonyl (C=O) groups is 1. The fraction of sp³-hybridized carbons (Fsp3) is 0.267. The van der Waals surface area contributed by atoms with E-state index in [0.717, 1.165) is 12.1 Å². The van der Waals surface area contributed by atoms with E-state index in [0.29, 0.717) is 0 Å². The molecular formula is C15H17FN2O3S. The highest BCUT2D eigenvalue weighted by Gasteiger charge is 2.14. The molecule has 0 amide bonds. The zero-order chi connectivity index (χ0) is 16.8. The Morgan fingerprint density at radius 2 is 2.14 bits per heavy atom. The second kappa shape index (κ2) is 7.61. The van der Waals surface area contributed by atoms with Crippen LogP contribution in [0.3, 0.4) is 0 Å². The third-order valence-corrected chi connectivity index (χ3v) is 3.83. The third-order valence-electron chi connectivity index (χ3n) is 2.56. The number of allylic oxidation sites excluding steroid dienone is 1. The Hall–Kier alpha value is -2.33. The molecule has 0 saturated carbocycles. The molecule has 0 heterocycles. The molecule has 0 saturated heterocycles. The lowest BCUT2D eigenvalue weighted by atomic mass is 10.1. The minimum absolute atomic E-state index is 0.0150. The van der Waals surface area contributed by atoms with Gasteiger partial charge < -0.3 is 4.90 Å². The molecule has 0 aliphatic rings. The van der Waals surface area contributed by atoms with E-state index in [1.54, 1.807) is 25.2 Å². The third kappa shape index (κ3) is 5.58. The van der Waals surface area contributed by atoms with Crippen molar-refractivity contribution in [1.29, 1.82) is 0 Å². The van der Waals surface area contributed by atoms with E-state index in [2.05, 4.69) is 10.6 Å². The summed E-state index contributed by atoms with van der Waals surface area (Å²) in [5.41, 5.74) is -0.102. The molecule has 0 unspecified atom stereocenters. The summed E-state index contributed by atoms with van der Waals surface area (Å²) in [6.45, 7) is 0. The number of rotatable bonds is 7. The van der Waals surface area contributed by atoms with Gasteiger partial charge in [-0.05, 0) is 18.2 Å². The minimum Gasteiger partial charge on any atom is -0.383 e. The molecule has 1 aromatic carbocycles. The summed E-state index contributed by atoms with van der Waals surface area (Å²) in [4.78, 5) is 13.6. The number of sulfonamides is 1. The lowest BCUT2D eigenvalue weighted by Crippen LogP contribution is -2.17. The van der Waals surface area contributed by atoms with Crippen LogP contribution in [-0.4, -0.2) is 38.9 Å². The van der Waals surface area contributed by atoms with Crippen molar-refractivity contribution in [2.24, 2.45) is 0 Å². The maximum absolute atomic E-state index is 13.7. The van der Waals surface area contributed by atoms with E-state index < -0.39 is 15.8 Å². The van der Waals surface area contributed by atoms with Crippen molar-refractivity contribution in [3.63, 3.8) is 0 Å². The Bertz CT molecular complexity index is 719. The second-order valence-corrected chi connectivity index (χ2v) is 6.56. The largest absolute Gasteiger partial charge is 0.383 e. The first-order valence-electron chi connectivity index (χ1n) is 6.37. The van der Waals surface area contributed by atoms with E-state index in [9.17, 15) is 17.6 Å². The van der Waals surface area contributed by atoms with Crippen molar-refractivity contribution < 1.29 is 17.6 Å². The second-order valence-electron chi connectivity index (χ2n) is 4.71. The Morgan fingerprint density at radius 3 is 2.73 bits per heavy atom. The zero-order valence-corrected chi connectivity index (χ0v) is 13.2. The molecule has 5 nitrogen and oxygen atoms in total. The van der Waals surface area contributed by atoms with Crippen LogP contribution in [0, 0.1) is 18.2 Å². The van der Waals surface area contributed by atoms with E-state index in [4.69, 9.17) is 6.42 Å². The normalized spacial score (nSPS) is 11.2. The molecule has 0 aliphatic heterocycles. The summed E-state index contributed by atoms with van der Waals surface area (Å²) in [6, 6.07) is 3.48. The van der Waals surface area contributed by atoms with E-state index in [1.807, 2.05) is 0 Å². The molecule has 0 radical (unpaired) electrons. The summed E-state index contributed by atoms with van der Waals surface area (Å²) < 4.78 is 39.2. The molecule has 0 aliphatic carbocycles. The number of anilines is 1. The summed E-state index contributed by atoms with van der Waals surface area (Å²) >= 11 is 0. The lowest BCUT2D eigenvalue weighted by Gasteiger charge is -2.09. The number of benzene rings is 1. The predicted octanol–water partition coefficient (Wildman–Crippen LogP) is 1.85. The van der Waals surface area contributed by atoms with Gasteiger partial charge in [-0.25, -0.2) is 12.8 Å². The molecule has 0 bridgehead atoms. The van der Waals surface area contributed by atoms with E-state index in [1.165, 1.54) is 12.1 Å². The van der Waals surface area contributed by atoms with Gasteiger partial charge in [0.2, 0.25) is 10.0 Å². The molecule has 0 atom stereocenters. The Labute approximate surface area is 129 Å². The molecule has 0 fully saturated rings. The van der Waals surface area contributed by atoms with Gasteiger partial charge >= 0.3 is 0 Å².